The molecule has 2 rings (SSSR count). The number of nitrogens with zero attached hydrogens (tertiary/aromatic N) is 1. The van der Waals surface area contributed by atoms with Gasteiger partial charge in [-0.25, -0.2) is 0 Å². The quantitative estimate of drug-likeness (QED) is 0.840. The van der Waals surface area contributed by atoms with E-state index in [1.165, 1.54) is 18.1 Å². The molecular weight excluding hydrogens is 256 g/mol. The van der Waals surface area contributed by atoms with Crippen LogP contribution < -0.4 is 15.4 Å². The SMILES string of the molecule is COc1cc(C(=O)N(C)c2ccccc2O)ccc1N. The van der Waals surface area contributed by atoms with E-state index in [0.717, 1.165) is 0 Å². The Morgan fingerprint density at radius 1 is 1.25 bits per heavy atom. The van der Waals surface area contributed by atoms with Crippen molar-refractivity contribution in [2.45, 2.75) is 0 Å². The number of anilines is 2. The Hall–Kier alpha value is -2.69. The Morgan fingerprint density at radius 3 is 2.60 bits per heavy atom. The van der Waals surface area contributed by atoms with Crippen LogP contribution in [0.2, 0.25) is 0 Å². The monoisotopic (exact) mass is 272 g/mol. The third-order valence-electron chi connectivity index (χ3n) is 3.03. The molecule has 0 fully saturated rings. The molecule has 2 aromatic carbocycles. The summed E-state index contributed by atoms with van der Waals surface area (Å²) in [6.07, 6.45) is 0. The standard InChI is InChI=1S/C15H16N2O3/c1-17(12-5-3-4-6-13(12)18)15(19)10-7-8-11(16)14(9-10)20-2/h3-9,18H,16H2,1-2H3. The van der Waals surface area contributed by atoms with E-state index in [4.69, 9.17) is 10.5 Å². The Labute approximate surface area is 117 Å². The second-order valence-electron chi connectivity index (χ2n) is 4.31. The fourth-order valence-corrected chi connectivity index (χ4v) is 1.90. The summed E-state index contributed by atoms with van der Waals surface area (Å²) in [6.45, 7) is 0. The highest BCUT2D eigenvalue weighted by molar-refractivity contribution is 6.07. The van der Waals surface area contributed by atoms with E-state index in [2.05, 4.69) is 0 Å². The van der Waals surface area contributed by atoms with E-state index >= 15 is 0 Å². The molecule has 104 valence electrons. The highest BCUT2D eigenvalue weighted by Crippen LogP contribution is 2.28. The lowest BCUT2D eigenvalue weighted by atomic mass is 10.1. The number of methoxy groups -OCH3 is 1. The van der Waals surface area contributed by atoms with Crippen LogP contribution in [0.3, 0.4) is 0 Å². The number of amides is 1. The van der Waals surface area contributed by atoms with Crippen LogP contribution in [0.1, 0.15) is 10.4 Å². The fourth-order valence-electron chi connectivity index (χ4n) is 1.90. The van der Waals surface area contributed by atoms with E-state index in [1.54, 1.807) is 43.4 Å². The Bertz CT molecular complexity index is 641. The molecule has 0 aliphatic rings. The normalized spacial score (nSPS) is 10.1. The van der Waals surface area contributed by atoms with Gasteiger partial charge in [0.1, 0.15) is 11.5 Å². The van der Waals surface area contributed by atoms with Crippen LogP contribution in [0.15, 0.2) is 42.5 Å². The molecule has 0 bridgehead atoms. The summed E-state index contributed by atoms with van der Waals surface area (Å²) in [6, 6.07) is 11.5. The first-order valence-corrected chi connectivity index (χ1v) is 6.04. The second-order valence-corrected chi connectivity index (χ2v) is 4.31. The average molecular weight is 272 g/mol. The molecule has 20 heavy (non-hydrogen) atoms. The molecule has 0 atom stereocenters. The van der Waals surface area contributed by atoms with E-state index in [1.807, 2.05) is 0 Å². The highest BCUT2D eigenvalue weighted by atomic mass is 16.5. The lowest BCUT2D eigenvalue weighted by Gasteiger charge is -2.19. The molecule has 2 aromatic rings. The minimum absolute atomic E-state index is 0.0470. The summed E-state index contributed by atoms with van der Waals surface area (Å²) in [4.78, 5) is 13.8. The molecule has 3 N–H and O–H groups in total. The van der Waals surface area contributed by atoms with Gasteiger partial charge in [0.2, 0.25) is 0 Å². The van der Waals surface area contributed by atoms with Gasteiger partial charge in [0.05, 0.1) is 18.5 Å². The topological polar surface area (TPSA) is 75.8 Å². The molecule has 5 nitrogen and oxygen atoms in total. The molecule has 1 amide bonds. The summed E-state index contributed by atoms with van der Waals surface area (Å²) in [5, 5.41) is 9.78. The van der Waals surface area contributed by atoms with E-state index in [0.29, 0.717) is 22.7 Å². The Morgan fingerprint density at radius 2 is 1.95 bits per heavy atom. The number of hydrogen-bond donors (Lipinski definition) is 2. The van der Waals surface area contributed by atoms with Gasteiger partial charge in [0, 0.05) is 12.6 Å². The lowest BCUT2D eigenvalue weighted by molar-refractivity contribution is 0.0992. The zero-order chi connectivity index (χ0) is 14.7. The highest BCUT2D eigenvalue weighted by Gasteiger charge is 2.17. The third-order valence-corrected chi connectivity index (χ3v) is 3.03. The predicted octanol–water partition coefficient (Wildman–Crippen LogP) is 2.26. The molecule has 0 radical (unpaired) electrons. The number of hydrogen-bond acceptors (Lipinski definition) is 4. The number of ether oxygens (including phenoxy) is 1. The van der Waals surface area contributed by atoms with Crippen molar-refractivity contribution in [2.75, 3.05) is 24.8 Å². The Kier molecular flexibility index (Phi) is 3.79. The zero-order valence-corrected chi connectivity index (χ0v) is 11.3. The lowest BCUT2D eigenvalue weighted by Crippen LogP contribution is -2.26. The van der Waals surface area contributed by atoms with Gasteiger partial charge in [0.25, 0.3) is 5.91 Å². The summed E-state index contributed by atoms with van der Waals surface area (Å²) in [7, 11) is 3.09. The summed E-state index contributed by atoms with van der Waals surface area (Å²) >= 11 is 0. The number of phenols is 1. The maximum atomic E-state index is 12.4. The first-order chi connectivity index (χ1) is 9.54. The summed E-state index contributed by atoms with van der Waals surface area (Å²) in [5.41, 5.74) is 7.06. The number of carbonyl (C=O) groups is 1. The molecule has 0 heterocycles. The van der Waals surface area contributed by atoms with Gasteiger partial charge in [-0.2, -0.15) is 0 Å². The minimum Gasteiger partial charge on any atom is -0.506 e. The van der Waals surface area contributed by atoms with Gasteiger partial charge < -0.3 is 20.5 Å². The molecule has 0 unspecified atom stereocenters. The molecule has 0 aliphatic heterocycles. The number of phenolic OH excluding ortho intramolecular Hbond substituents is 1. The summed E-state index contributed by atoms with van der Waals surface area (Å²) in [5.74, 6) is 0.233. The molecule has 0 saturated heterocycles. The molecular formula is C15H16N2O3. The van der Waals surface area contributed by atoms with Crippen molar-refractivity contribution in [3.05, 3.63) is 48.0 Å². The maximum absolute atomic E-state index is 12.4. The van der Waals surface area contributed by atoms with E-state index < -0.39 is 0 Å². The van der Waals surface area contributed by atoms with Crippen LogP contribution in [-0.4, -0.2) is 25.2 Å². The number of carbonyl (C=O) groups excluding carboxylic acids is 1. The number of nitrogens with two attached hydrogens (primary N) is 1. The van der Waals surface area contributed by atoms with Crippen molar-refractivity contribution in [3.8, 4) is 11.5 Å². The molecule has 0 saturated carbocycles. The number of para-hydroxylation sites is 2. The van der Waals surface area contributed by atoms with Crippen molar-refractivity contribution < 1.29 is 14.6 Å². The maximum Gasteiger partial charge on any atom is 0.258 e. The number of aromatic hydroxyl groups is 1. The Balaban J connectivity index is 2.34. The molecule has 0 aromatic heterocycles. The van der Waals surface area contributed by atoms with Crippen LogP contribution in [0.5, 0.6) is 11.5 Å². The van der Waals surface area contributed by atoms with E-state index in [-0.39, 0.29) is 11.7 Å². The van der Waals surface area contributed by atoms with Gasteiger partial charge in [-0.3, -0.25) is 4.79 Å². The van der Waals surface area contributed by atoms with Crippen LogP contribution in [-0.2, 0) is 0 Å². The van der Waals surface area contributed by atoms with Crippen molar-refractivity contribution in [1.82, 2.24) is 0 Å². The van der Waals surface area contributed by atoms with Crippen molar-refractivity contribution >= 4 is 17.3 Å². The van der Waals surface area contributed by atoms with Crippen LogP contribution in [0.25, 0.3) is 0 Å². The van der Waals surface area contributed by atoms with Gasteiger partial charge >= 0.3 is 0 Å². The smallest absolute Gasteiger partial charge is 0.258 e. The van der Waals surface area contributed by atoms with Gasteiger partial charge in [0.15, 0.2) is 0 Å². The number of nitrogen functional groups attached to an aromatic ring is 1. The fraction of sp³-hybridized carbons (Fsp3) is 0.133. The van der Waals surface area contributed by atoms with Crippen molar-refractivity contribution in [2.24, 2.45) is 0 Å². The zero-order valence-electron chi connectivity index (χ0n) is 11.3. The average Bonchev–Trinajstić information content (AvgIpc) is 2.47. The van der Waals surface area contributed by atoms with E-state index in [9.17, 15) is 9.90 Å². The predicted molar refractivity (Wildman–Crippen MR) is 78.2 cm³/mol. The van der Waals surface area contributed by atoms with Crippen LogP contribution >= 0.6 is 0 Å². The van der Waals surface area contributed by atoms with Crippen LogP contribution in [0, 0.1) is 0 Å². The number of benzene rings is 2. The van der Waals surface area contributed by atoms with Gasteiger partial charge in [-0.15, -0.1) is 0 Å². The number of rotatable bonds is 3. The summed E-state index contributed by atoms with van der Waals surface area (Å²) < 4.78 is 5.10. The van der Waals surface area contributed by atoms with Gasteiger partial charge in [-0.1, -0.05) is 12.1 Å². The molecule has 0 spiro atoms. The largest absolute Gasteiger partial charge is 0.506 e. The molecule has 5 heteroatoms. The van der Waals surface area contributed by atoms with Crippen LogP contribution in [0.4, 0.5) is 11.4 Å². The van der Waals surface area contributed by atoms with Gasteiger partial charge in [-0.05, 0) is 30.3 Å². The van der Waals surface area contributed by atoms with Crippen molar-refractivity contribution in [1.29, 1.82) is 0 Å². The third kappa shape index (κ3) is 2.51. The molecule has 0 aliphatic carbocycles. The second kappa shape index (κ2) is 5.52. The minimum atomic E-state index is -0.259. The first kappa shape index (κ1) is 13.7. The van der Waals surface area contributed by atoms with Crippen molar-refractivity contribution in [3.63, 3.8) is 0 Å². The first-order valence-electron chi connectivity index (χ1n) is 6.04.